The molecule has 0 saturated heterocycles. The Morgan fingerprint density at radius 1 is 1.39 bits per heavy atom. The summed E-state index contributed by atoms with van der Waals surface area (Å²) in [6, 6.07) is 5.57. The van der Waals surface area contributed by atoms with Gasteiger partial charge in [-0.1, -0.05) is 34.6 Å². The zero-order chi connectivity index (χ0) is 13.8. The van der Waals surface area contributed by atoms with Crippen LogP contribution in [0.3, 0.4) is 0 Å². The summed E-state index contributed by atoms with van der Waals surface area (Å²) in [6.07, 6.45) is 0. The smallest absolute Gasteiger partial charge is 0.347 e. The number of thioether (sulfide) groups is 1. The highest BCUT2D eigenvalue weighted by molar-refractivity contribution is 9.11. The molecule has 1 aromatic rings. The van der Waals surface area contributed by atoms with Crippen LogP contribution in [0.15, 0.2) is 40.2 Å². The van der Waals surface area contributed by atoms with Gasteiger partial charge >= 0.3 is 5.51 Å². The molecule has 18 heavy (non-hydrogen) atoms. The monoisotopic (exact) mass is 339 g/mol. The molecule has 0 radical (unpaired) electrons. The molecule has 0 aromatic heterocycles. The molecular formula is C11H9BrF3NOS. The van der Waals surface area contributed by atoms with Crippen molar-refractivity contribution in [2.24, 2.45) is 0 Å². The number of nitrogens with one attached hydrogen (secondary N) is 1. The van der Waals surface area contributed by atoms with Crippen LogP contribution in [-0.4, -0.2) is 18.0 Å². The predicted molar refractivity (Wildman–Crippen MR) is 68.8 cm³/mol. The first-order chi connectivity index (χ1) is 8.29. The van der Waals surface area contributed by atoms with E-state index in [1.165, 1.54) is 24.3 Å². The highest BCUT2D eigenvalue weighted by atomic mass is 79.9. The van der Waals surface area contributed by atoms with Gasteiger partial charge in [0.15, 0.2) is 0 Å². The Morgan fingerprint density at radius 3 is 2.56 bits per heavy atom. The van der Waals surface area contributed by atoms with Gasteiger partial charge in [-0.2, -0.15) is 13.2 Å². The lowest BCUT2D eigenvalue weighted by atomic mass is 10.2. The summed E-state index contributed by atoms with van der Waals surface area (Å²) in [5.41, 5.74) is -4.43. The molecule has 1 N–H and O–H groups in total. The number of benzene rings is 1. The second-order valence-electron chi connectivity index (χ2n) is 3.24. The van der Waals surface area contributed by atoms with Crippen molar-refractivity contribution in [3.05, 3.63) is 40.9 Å². The molecule has 1 aromatic carbocycles. The van der Waals surface area contributed by atoms with Crippen LogP contribution in [0.5, 0.6) is 0 Å². The van der Waals surface area contributed by atoms with Crippen LogP contribution in [0.2, 0.25) is 0 Å². The third kappa shape index (κ3) is 5.14. The largest absolute Gasteiger partial charge is 0.446 e. The standard InChI is InChI=1S/C11H9BrF3NOS/c1-7(12)6-16-10(17)8-4-2-3-5-9(8)18-11(13,14)15/h2-5H,1,6H2,(H,16,17). The third-order valence-electron chi connectivity index (χ3n) is 1.80. The lowest BCUT2D eigenvalue weighted by Crippen LogP contribution is -2.25. The quantitative estimate of drug-likeness (QED) is 0.842. The fourth-order valence-electron chi connectivity index (χ4n) is 1.14. The van der Waals surface area contributed by atoms with Gasteiger partial charge in [0.2, 0.25) is 0 Å². The molecule has 0 spiro atoms. The Hall–Kier alpha value is -0.950. The molecule has 1 rings (SSSR count). The van der Waals surface area contributed by atoms with Crippen LogP contribution < -0.4 is 5.32 Å². The van der Waals surface area contributed by atoms with Gasteiger partial charge in [0.25, 0.3) is 5.91 Å². The summed E-state index contributed by atoms with van der Waals surface area (Å²) in [7, 11) is 0. The average Bonchev–Trinajstić information content (AvgIpc) is 2.24. The maximum atomic E-state index is 12.3. The van der Waals surface area contributed by atoms with Crippen molar-refractivity contribution in [2.75, 3.05) is 6.54 Å². The van der Waals surface area contributed by atoms with E-state index in [0.29, 0.717) is 4.48 Å². The molecule has 0 atom stereocenters. The van der Waals surface area contributed by atoms with E-state index in [-0.39, 0.29) is 28.8 Å². The Labute approximate surface area is 115 Å². The molecule has 98 valence electrons. The van der Waals surface area contributed by atoms with Crippen molar-refractivity contribution in [1.82, 2.24) is 5.32 Å². The van der Waals surface area contributed by atoms with Crippen molar-refractivity contribution in [2.45, 2.75) is 10.4 Å². The van der Waals surface area contributed by atoms with E-state index in [0.717, 1.165) is 0 Å². The molecule has 0 heterocycles. The molecular weight excluding hydrogens is 331 g/mol. The topological polar surface area (TPSA) is 29.1 Å². The van der Waals surface area contributed by atoms with Crippen LogP contribution in [0.4, 0.5) is 13.2 Å². The second-order valence-corrected chi connectivity index (χ2v) is 5.47. The zero-order valence-electron chi connectivity index (χ0n) is 9.05. The van der Waals surface area contributed by atoms with Gasteiger partial charge in [0.05, 0.1) is 5.56 Å². The van der Waals surface area contributed by atoms with Crippen molar-refractivity contribution < 1.29 is 18.0 Å². The van der Waals surface area contributed by atoms with Crippen molar-refractivity contribution in [1.29, 1.82) is 0 Å². The van der Waals surface area contributed by atoms with Gasteiger partial charge in [-0.25, -0.2) is 0 Å². The summed E-state index contributed by atoms with van der Waals surface area (Å²) in [6.45, 7) is 3.68. The molecule has 1 amide bonds. The van der Waals surface area contributed by atoms with E-state index in [1.807, 2.05) is 0 Å². The normalized spacial score (nSPS) is 11.1. The second kappa shape index (κ2) is 6.29. The van der Waals surface area contributed by atoms with Crippen molar-refractivity contribution in [3.8, 4) is 0 Å². The van der Waals surface area contributed by atoms with Crippen LogP contribution in [0, 0.1) is 0 Å². The first kappa shape index (κ1) is 15.1. The number of hydrogen-bond donors (Lipinski definition) is 1. The van der Waals surface area contributed by atoms with E-state index in [1.54, 1.807) is 0 Å². The summed E-state index contributed by atoms with van der Waals surface area (Å²) in [4.78, 5) is 11.6. The maximum absolute atomic E-state index is 12.3. The molecule has 0 fully saturated rings. The summed E-state index contributed by atoms with van der Waals surface area (Å²) >= 11 is 2.74. The summed E-state index contributed by atoms with van der Waals surface area (Å²) < 4.78 is 37.5. The van der Waals surface area contributed by atoms with Gasteiger partial charge in [0.1, 0.15) is 0 Å². The van der Waals surface area contributed by atoms with E-state index in [2.05, 4.69) is 27.8 Å². The number of alkyl halides is 3. The highest BCUT2D eigenvalue weighted by Gasteiger charge is 2.31. The van der Waals surface area contributed by atoms with E-state index < -0.39 is 11.4 Å². The Balaban J connectivity index is 2.88. The molecule has 0 saturated carbocycles. The van der Waals surface area contributed by atoms with Crippen molar-refractivity contribution in [3.63, 3.8) is 0 Å². The lowest BCUT2D eigenvalue weighted by molar-refractivity contribution is -0.0328. The van der Waals surface area contributed by atoms with Crippen LogP contribution >= 0.6 is 27.7 Å². The number of carbonyl (C=O) groups excluding carboxylic acids is 1. The van der Waals surface area contributed by atoms with E-state index in [4.69, 9.17) is 0 Å². The minimum atomic E-state index is -4.42. The summed E-state index contributed by atoms with van der Waals surface area (Å²) in [5.74, 6) is -0.567. The van der Waals surface area contributed by atoms with Crippen LogP contribution in [-0.2, 0) is 0 Å². The highest BCUT2D eigenvalue weighted by Crippen LogP contribution is 2.38. The Morgan fingerprint density at radius 2 is 2.00 bits per heavy atom. The average molecular weight is 340 g/mol. The molecule has 0 aliphatic heterocycles. The minimum absolute atomic E-state index is 0.00595. The molecule has 0 aliphatic rings. The molecule has 0 aliphatic carbocycles. The maximum Gasteiger partial charge on any atom is 0.446 e. The molecule has 0 bridgehead atoms. The number of carbonyl (C=O) groups is 1. The molecule has 2 nitrogen and oxygen atoms in total. The minimum Gasteiger partial charge on any atom is -0.347 e. The van der Waals surface area contributed by atoms with Gasteiger partial charge in [0, 0.05) is 15.9 Å². The van der Waals surface area contributed by atoms with Gasteiger partial charge in [-0.3, -0.25) is 4.79 Å². The fraction of sp³-hybridized carbons (Fsp3) is 0.182. The predicted octanol–water partition coefficient (Wildman–Crippen LogP) is 3.94. The van der Waals surface area contributed by atoms with Gasteiger partial charge < -0.3 is 5.32 Å². The Bertz CT molecular complexity index is 462. The SMILES string of the molecule is C=C(Br)CNC(=O)c1ccccc1SC(F)(F)F. The van der Waals surface area contributed by atoms with E-state index >= 15 is 0 Å². The van der Waals surface area contributed by atoms with Crippen molar-refractivity contribution >= 4 is 33.6 Å². The number of rotatable bonds is 4. The van der Waals surface area contributed by atoms with Crippen LogP contribution in [0.25, 0.3) is 0 Å². The summed E-state index contributed by atoms with van der Waals surface area (Å²) in [5, 5.41) is 2.46. The van der Waals surface area contributed by atoms with Crippen LogP contribution in [0.1, 0.15) is 10.4 Å². The third-order valence-corrected chi connectivity index (χ3v) is 2.89. The first-order valence-corrected chi connectivity index (χ1v) is 6.37. The van der Waals surface area contributed by atoms with Gasteiger partial charge in [-0.15, -0.1) is 0 Å². The Kier molecular flexibility index (Phi) is 5.28. The zero-order valence-corrected chi connectivity index (χ0v) is 11.5. The number of halogens is 4. The van der Waals surface area contributed by atoms with Gasteiger partial charge in [-0.05, 0) is 23.9 Å². The first-order valence-electron chi connectivity index (χ1n) is 4.76. The number of hydrogen-bond acceptors (Lipinski definition) is 2. The number of amides is 1. The van der Waals surface area contributed by atoms with E-state index in [9.17, 15) is 18.0 Å². The molecule has 0 unspecified atom stereocenters. The molecule has 7 heteroatoms. The lowest BCUT2D eigenvalue weighted by Gasteiger charge is -2.10. The fourth-order valence-corrected chi connectivity index (χ4v) is 1.95.